The molecule has 0 spiro atoms. The minimum absolute atomic E-state index is 0.128. The van der Waals surface area contributed by atoms with Crippen molar-refractivity contribution in [2.75, 3.05) is 18.5 Å². The van der Waals surface area contributed by atoms with Crippen LogP contribution in [0.5, 0.6) is 5.75 Å². The maximum Gasteiger partial charge on any atom is 0.256 e. The number of fused-ring (bicyclic) bond motifs is 1. The zero-order chi connectivity index (χ0) is 19.9. The van der Waals surface area contributed by atoms with E-state index in [1.165, 1.54) is 0 Å². The lowest BCUT2D eigenvalue weighted by atomic mass is 9.92. The summed E-state index contributed by atoms with van der Waals surface area (Å²) in [6.07, 6.45) is 4.19. The van der Waals surface area contributed by atoms with Crippen LogP contribution in [-0.2, 0) is 9.53 Å². The van der Waals surface area contributed by atoms with E-state index in [9.17, 15) is 4.79 Å². The van der Waals surface area contributed by atoms with Crippen molar-refractivity contribution in [2.24, 2.45) is 5.92 Å². The molecule has 0 aliphatic carbocycles. The molecule has 5 nitrogen and oxygen atoms in total. The van der Waals surface area contributed by atoms with Gasteiger partial charge in [0.1, 0.15) is 16.9 Å². The van der Waals surface area contributed by atoms with Crippen LogP contribution in [0.2, 0.25) is 0 Å². The normalized spacial score (nSPS) is 13.6. The molecule has 27 heavy (non-hydrogen) atoms. The largest absolute Gasteiger partial charge is 0.491 e. The van der Waals surface area contributed by atoms with Gasteiger partial charge in [0.2, 0.25) is 0 Å². The van der Waals surface area contributed by atoms with Gasteiger partial charge in [-0.25, -0.2) is 0 Å². The molecule has 1 aromatic carbocycles. The Morgan fingerprint density at radius 3 is 2.59 bits per heavy atom. The molecule has 1 atom stereocenters. The lowest BCUT2D eigenvalue weighted by Gasteiger charge is -2.30. The molecular formula is C22H32N2O3. The van der Waals surface area contributed by atoms with Crippen LogP contribution in [0, 0.1) is 5.92 Å². The third kappa shape index (κ3) is 5.42. The number of aromatic nitrogens is 1. The van der Waals surface area contributed by atoms with Crippen LogP contribution >= 0.6 is 0 Å². The zero-order valence-corrected chi connectivity index (χ0v) is 17.2. The van der Waals surface area contributed by atoms with Crippen LogP contribution in [-0.4, -0.2) is 29.7 Å². The second-order valence-corrected chi connectivity index (χ2v) is 7.49. The van der Waals surface area contributed by atoms with Gasteiger partial charge < -0.3 is 14.8 Å². The number of amides is 1. The number of carbonyl (C=O) groups is 1. The lowest BCUT2D eigenvalue weighted by Crippen LogP contribution is -2.44. The summed E-state index contributed by atoms with van der Waals surface area (Å²) in [4.78, 5) is 17.5. The maximum atomic E-state index is 13.1. The second-order valence-electron chi connectivity index (χ2n) is 7.49. The zero-order valence-electron chi connectivity index (χ0n) is 17.2. The van der Waals surface area contributed by atoms with E-state index in [0.29, 0.717) is 25.6 Å². The topological polar surface area (TPSA) is 60.5 Å². The summed E-state index contributed by atoms with van der Waals surface area (Å²) >= 11 is 0. The van der Waals surface area contributed by atoms with Gasteiger partial charge in [0, 0.05) is 18.2 Å². The van der Waals surface area contributed by atoms with Crippen LogP contribution in [0.3, 0.4) is 0 Å². The highest BCUT2D eigenvalue weighted by Gasteiger charge is 2.35. The Hall–Kier alpha value is -2.14. The summed E-state index contributed by atoms with van der Waals surface area (Å²) in [5.74, 6) is 0.954. The Labute approximate surface area is 162 Å². The Kier molecular flexibility index (Phi) is 7.60. The number of ether oxygens (including phenoxy) is 2. The van der Waals surface area contributed by atoms with E-state index in [-0.39, 0.29) is 5.91 Å². The fraction of sp³-hybridized carbons (Fsp3) is 0.545. The predicted molar refractivity (Wildman–Crippen MR) is 110 cm³/mol. The van der Waals surface area contributed by atoms with Gasteiger partial charge in [-0.05, 0) is 56.4 Å². The fourth-order valence-corrected chi connectivity index (χ4v) is 3.16. The maximum absolute atomic E-state index is 13.1. The highest BCUT2D eigenvalue weighted by molar-refractivity contribution is 6.05. The molecule has 0 saturated heterocycles. The second kappa shape index (κ2) is 9.70. The van der Waals surface area contributed by atoms with Crippen LogP contribution in [0.15, 0.2) is 30.5 Å². The molecule has 1 N–H and O–H groups in total. The number of nitrogens with one attached hydrogen (secondary N) is 1. The molecule has 1 heterocycles. The van der Waals surface area contributed by atoms with Crippen molar-refractivity contribution in [3.05, 3.63) is 30.5 Å². The van der Waals surface area contributed by atoms with E-state index >= 15 is 0 Å². The van der Waals surface area contributed by atoms with Crippen LogP contribution in [0.1, 0.15) is 53.9 Å². The fourth-order valence-electron chi connectivity index (χ4n) is 3.16. The van der Waals surface area contributed by atoms with E-state index in [4.69, 9.17) is 9.47 Å². The van der Waals surface area contributed by atoms with Gasteiger partial charge in [-0.2, -0.15) is 0 Å². The minimum Gasteiger partial charge on any atom is -0.491 e. The molecule has 0 radical (unpaired) electrons. The molecule has 2 rings (SSSR count). The van der Waals surface area contributed by atoms with Gasteiger partial charge in [-0.15, -0.1) is 0 Å². The van der Waals surface area contributed by atoms with Gasteiger partial charge in [-0.1, -0.05) is 27.7 Å². The number of nitrogens with zero attached hydrogens (tertiary/aromatic N) is 1. The summed E-state index contributed by atoms with van der Waals surface area (Å²) in [5, 5.41) is 3.93. The monoisotopic (exact) mass is 372 g/mol. The molecule has 0 aliphatic rings. The van der Waals surface area contributed by atoms with E-state index in [1.807, 2.05) is 38.1 Å². The van der Waals surface area contributed by atoms with Crippen molar-refractivity contribution < 1.29 is 14.3 Å². The predicted octanol–water partition coefficient (Wildman–Crippen LogP) is 5.19. The number of hydrogen-bond donors (Lipinski definition) is 1. The summed E-state index contributed by atoms with van der Waals surface area (Å²) in [5.41, 5.74) is 0.613. The Morgan fingerprint density at radius 2 is 1.93 bits per heavy atom. The first-order valence-corrected chi connectivity index (χ1v) is 9.87. The molecule has 0 bridgehead atoms. The number of hydrogen-bond acceptors (Lipinski definition) is 4. The molecule has 0 saturated carbocycles. The highest BCUT2D eigenvalue weighted by Crippen LogP contribution is 2.31. The number of benzene rings is 1. The van der Waals surface area contributed by atoms with E-state index in [0.717, 1.165) is 35.2 Å². The van der Waals surface area contributed by atoms with Crippen molar-refractivity contribution in [3.63, 3.8) is 0 Å². The first-order valence-electron chi connectivity index (χ1n) is 9.87. The smallest absolute Gasteiger partial charge is 0.256 e. The number of carbonyl (C=O) groups excluding carboxylic acids is 1. The minimum atomic E-state index is -0.865. The average molecular weight is 373 g/mol. The summed E-state index contributed by atoms with van der Waals surface area (Å²) < 4.78 is 11.8. The Morgan fingerprint density at radius 1 is 1.19 bits per heavy atom. The molecule has 1 aromatic heterocycles. The van der Waals surface area contributed by atoms with Crippen molar-refractivity contribution in [1.82, 2.24) is 4.98 Å². The first kappa shape index (κ1) is 21.2. The third-order valence-electron chi connectivity index (χ3n) is 4.35. The van der Waals surface area contributed by atoms with Gasteiger partial charge in [0.15, 0.2) is 0 Å². The van der Waals surface area contributed by atoms with E-state index in [1.54, 1.807) is 6.20 Å². The summed E-state index contributed by atoms with van der Waals surface area (Å²) in [6.45, 7) is 11.4. The van der Waals surface area contributed by atoms with Crippen molar-refractivity contribution in [2.45, 2.75) is 59.5 Å². The molecule has 2 aromatic rings. The Bertz CT molecular complexity index is 760. The van der Waals surface area contributed by atoms with Crippen molar-refractivity contribution >= 4 is 22.5 Å². The van der Waals surface area contributed by atoms with Gasteiger partial charge >= 0.3 is 0 Å². The van der Waals surface area contributed by atoms with Crippen molar-refractivity contribution in [3.8, 4) is 5.75 Å². The third-order valence-corrected chi connectivity index (χ3v) is 4.35. The molecule has 1 amide bonds. The first-order chi connectivity index (χ1) is 12.9. The summed E-state index contributed by atoms with van der Waals surface area (Å²) in [7, 11) is 0. The summed E-state index contributed by atoms with van der Waals surface area (Å²) in [6, 6.07) is 7.56. The van der Waals surface area contributed by atoms with Crippen LogP contribution in [0.4, 0.5) is 5.69 Å². The van der Waals surface area contributed by atoms with Gasteiger partial charge in [0.25, 0.3) is 5.91 Å². The number of pyridine rings is 1. The van der Waals surface area contributed by atoms with Crippen LogP contribution in [0.25, 0.3) is 10.9 Å². The Balaban J connectivity index is 2.32. The van der Waals surface area contributed by atoms with E-state index < -0.39 is 5.60 Å². The SMILES string of the molecule is CCCOc1ccc(NC(=O)[C@](C)(CC(C)C)OCCC)c2cccnc12. The molecule has 0 fully saturated rings. The highest BCUT2D eigenvalue weighted by atomic mass is 16.5. The van der Waals surface area contributed by atoms with Crippen molar-refractivity contribution in [1.29, 1.82) is 0 Å². The molecular weight excluding hydrogens is 340 g/mol. The quantitative estimate of drug-likeness (QED) is 0.623. The average Bonchev–Trinajstić information content (AvgIpc) is 2.65. The molecule has 0 aliphatic heterocycles. The molecule has 0 unspecified atom stereocenters. The number of anilines is 1. The lowest BCUT2D eigenvalue weighted by molar-refractivity contribution is -0.141. The molecule has 5 heteroatoms. The number of rotatable bonds is 10. The van der Waals surface area contributed by atoms with Gasteiger partial charge in [0.05, 0.1) is 12.3 Å². The van der Waals surface area contributed by atoms with Gasteiger partial charge in [-0.3, -0.25) is 9.78 Å². The van der Waals surface area contributed by atoms with E-state index in [2.05, 4.69) is 31.1 Å². The standard InChI is InChI=1S/C22H32N2O3/c1-6-13-26-19-11-10-18(17-9-8-12-23-20(17)19)24-21(25)22(5,15-16(3)4)27-14-7-2/h8-12,16H,6-7,13-15H2,1-5H3,(H,24,25)/t22-/m0/s1. The van der Waals surface area contributed by atoms with Crippen LogP contribution < -0.4 is 10.1 Å². The molecule has 148 valence electrons.